The summed E-state index contributed by atoms with van der Waals surface area (Å²) in [6.07, 6.45) is 0.257. The second-order valence-electron chi connectivity index (χ2n) is 6.50. The second kappa shape index (κ2) is 6.65. The van der Waals surface area contributed by atoms with Gasteiger partial charge in [-0.2, -0.15) is 13.2 Å². The maximum absolute atomic E-state index is 12.9. The van der Waals surface area contributed by atoms with Crippen LogP contribution in [0, 0.1) is 5.92 Å². The summed E-state index contributed by atoms with van der Waals surface area (Å²) in [6.45, 7) is 7.03. The van der Waals surface area contributed by atoms with Crippen LogP contribution in [0.5, 0.6) is 0 Å². The van der Waals surface area contributed by atoms with Gasteiger partial charge in [-0.15, -0.1) is 11.6 Å². The average molecular weight is 339 g/mol. The van der Waals surface area contributed by atoms with Crippen molar-refractivity contribution in [2.24, 2.45) is 5.92 Å². The number of hydrogen-bond donors (Lipinski definition) is 0. The van der Waals surface area contributed by atoms with Gasteiger partial charge in [0.25, 0.3) is 0 Å². The summed E-state index contributed by atoms with van der Waals surface area (Å²) >= 11 is 6.42. The first kappa shape index (κ1) is 19.1. The fourth-order valence-corrected chi connectivity index (χ4v) is 2.66. The first-order chi connectivity index (χ1) is 9.89. The highest BCUT2D eigenvalue weighted by molar-refractivity contribution is 6.27. The first-order valence-corrected chi connectivity index (χ1v) is 7.67. The first-order valence-electron chi connectivity index (χ1n) is 7.29. The SMILES string of the molecule is CCCCC1(Cl)C=C(C(F)(F)F)C=CC1C(=O)OC(C)(C)C. The minimum atomic E-state index is -4.48. The predicted molar refractivity (Wildman–Crippen MR) is 80.7 cm³/mol. The van der Waals surface area contributed by atoms with E-state index in [1.807, 2.05) is 6.92 Å². The second-order valence-corrected chi connectivity index (χ2v) is 7.20. The Labute approximate surface area is 134 Å². The van der Waals surface area contributed by atoms with Crippen LogP contribution in [-0.4, -0.2) is 22.6 Å². The van der Waals surface area contributed by atoms with Crippen molar-refractivity contribution in [2.75, 3.05) is 0 Å². The third-order valence-electron chi connectivity index (χ3n) is 3.28. The van der Waals surface area contributed by atoms with Crippen LogP contribution in [0.3, 0.4) is 0 Å². The molecule has 0 saturated heterocycles. The van der Waals surface area contributed by atoms with Crippen LogP contribution < -0.4 is 0 Å². The largest absolute Gasteiger partial charge is 0.459 e. The molecule has 0 aromatic heterocycles. The zero-order valence-electron chi connectivity index (χ0n) is 13.3. The number of hydrogen-bond acceptors (Lipinski definition) is 2. The van der Waals surface area contributed by atoms with Crippen molar-refractivity contribution in [1.29, 1.82) is 0 Å². The Hall–Kier alpha value is -0.970. The monoisotopic (exact) mass is 338 g/mol. The molecule has 22 heavy (non-hydrogen) atoms. The lowest BCUT2D eigenvalue weighted by Crippen LogP contribution is -2.41. The van der Waals surface area contributed by atoms with Crippen molar-refractivity contribution >= 4 is 17.6 Å². The summed E-state index contributed by atoms with van der Waals surface area (Å²) in [5.41, 5.74) is -1.54. The molecular weight excluding hydrogens is 317 g/mol. The van der Waals surface area contributed by atoms with Crippen molar-refractivity contribution < 1.29 is 22.7 Å². The summed E-state index contributed by atoms with van der Waals surface area (Å²) in [5, 5.41) is 0. The zero-order valence-corrected chi connectivity index (χ0v) is 14.0. The molecule has 0 spiro atoms. The maximum Gasteiger partial charge on any atom is 0.416 e. The van der Waals surface area contributed by atoms with Gasteiger partial charge in [-0.05, 0) is 27.2 Å². The standard InChI is InChI=1S/C16H22ClF3O2/c1-5-6-9-15(17)10-11(16(18,19)20)7-8-12(15)13(21)22-14(2,3)4/h7-8,10,12H,5-6,9H2,1-4H3. The fourth-order valence-electron chi connectivity index (χ4n) is 2.25. The number of rotatable bonds is 4. The lowest BCUT2D eigenvalue weighted by molar-refractivity contribution is -0.159. The van der Waals surface area contributed by atoms with Crippen molar-refractivity contribution in [3.05, 3.63) is 23.8 Å². The van der Waals surface area contributed by atoms with Crippen LogP contribution in [0.2, 0.25) is 0 Å². The van der Waals surface area contributed by atoms with Crippen molar-refractivity contribution in [2.45, 2.75) is 63.6 Å². The number of unbranched alkanes of at least 4 members (excludes halogenated alkanes) is 1. The van der Waals surface area contributed by atoms with Crippen LogP contribution >= 0.6 is 11.6 Å². The molecule has 0 aliphatic heterocycles. The summed E-state index contributed by atoms with van der Waals surface area (Å²) in [7, 11) is 0. The Morgan fingerprint density at radius 2 is 1.95 bits per heavy atom. The Balaban J connectivity index is 3.10. The molecule has 0 bridgehead atoms. The van der Waals surface area contributed by atoms with Gasteiger partial charge in [0, 0.05) is 0 Å². The number of esters is 1. The van der Waals surface area contributed by atoms with Crippen LogP contribution in [0.15, 0.2) is 23.8 Å². The summed E-state index contributed by atoms with van der Waals surface area (Å²) in [6, 6.07) is 0. The highest BCUT2D eigenvalue weighted by atomic mass is 35.5. The molecule has 0 N–H and O–H groups in total. The minimum Gasteiger partial charge on any atom is -0.459 e. The molecule has 2 nitrogen and oxygen atoms in total. The molecule has 2 atom stereocenters. The Kier molecular flexibility index (Phi) is 5.77. The van der Waals surface area contributed by atoms with Gasteiger partial charge in [0.05, 0.1) is 16.4 Å². The van der Waals surface area contributed by atoms with E-state index in [9.17, 15) is 18.0 Å². The normalized spacial score (nSPS) is 25.8. The molecule has 0 aromatic carbocycles. The molecular formula is C16H22ClF3O2. The van der Waals surface area contributed by atoms with Gasteiger partial charge < -0.3 is 4.74 Å². The summed E-state index contributed by atoms with van der Waals surface area (Å²) < 4.78 is 44.0. The Bertz CT molecular complexity index is 475. The number of halogens is 4. The van der Waals surface area contributed by atoms with E-state index in [4.69, 9.17) is 16.3 Å². The molecule has 126 valence electrons. The van der Waals surface area contributed by atoms with Gasteiger partial charge in [0.1, 0.15) is 5.60 Å². The fraction of sp³-hybridized carbons (Fsp3) is 0.688. The van der Waals surface area contributed by atoms with Gasteiger partial charge in [0.15, 0.2) is 0 Å². The molecule has 1 aliphatic rings. The molecule has 0 saturated carbocycles. The van der Waals surface area contributed by atoms with Crippen LogP contribution in [0.1, 0.15) is 47.0 Å². The van der Waals surface area contributed by atoms with Crippen LogP contribution in [0.4, 0.5) is 13.2 Å². The molecule has 0 radical (unpaired) electrons. The van der Waals surface area contributed by atoms with E-state index in [0.717, 1.165) is 18.6 Å². The summed E-state index contributed by atoms with van der Waals surface area (Å²) in [4.78, 5) is 10.9. The smallest absolute Gasteiger partial charge is 0.416 e. The van der Waals surface area contributed by atoms with Crippen molar-refractivity contribution in [3.8, 4) is 0 Å². The number of carbonyl (C=O) groups is 1. The lowest BCUT2D eigenvalue weighted by atomic mass is 9.81. The van der Waals surface area contributed by atoms with Gasteiger partial charge in [-0.3, -0.25) is 4.79 Å². The molecule has 6 heteroatoms. The molecule has 0 aromatic rings. The van der Waals surface area contributed by atoms with Crippen molar-refractivity contribution in [1.82, 2.24) is 0 Å². The average Bonchev–Trinajstić information content (AvgIpc) is 2.32. The maximum atomic E-state index is 12.9. The van der Waals surface area contributed by atoms with E-state index in [2.05, 4.69) is 0 Å². The van der Waals surface area contributed by atoms with Crippen molar-refractivity contribution in [3.63, 3.8) is 0 Å². The third kappa shape index (κ3) is 5.04. The number of carbonyl (C=O) groups excluding carboxylic acids is 1. The zero-order chi connectivity index (χ0) is 17.2. The molecule has 2 unspecified atom stereocenters. The molecule has 1 rings (SSSR count). The van der Waals surface area contributed by atoms with Gasteiger partial charge in [0.2, 0.25) is 0 Å². The highest BCUT2D eigenvalue weighted by Crippen LogP contribution is 2.42. The van der Waals surface area contributed by atoms with Crippen LogP contribution in [0.25, 0.3) is 0 Å². The van der Waals surface area contributed by atoms with E-state index in [1.54, 1.807) is 20.8 Å². The minimum absolute atomic E-state index is 0.277. The van der Waals surface area contributed by atoms with Gasteiger partial charge in [-0.1, -0.05) is 38.0 Å². The quantitative estimate of drug-likeness (QED) is 0.522. The predicted octanol–water partition coefficient (Wildman–Crippen LogP) is 5.17. The van der Waals surface area contributed by atoms with E-state index in [1.165, 1.54) is 6.08 Å². The van der Waals surface area contributed by atoms with Gasteiger partial charge in [-0.25, -0.2) is 0 Å². The lowest BCUT2D eigenvalue weighted by Gasteiger charge is -2.35. The molecule has 0 fully saturated rings. The van der Waals surface area contributed by atoms with E-state index >= 15 is 0 Å². The van der Waals surface area contributed by atoms with E-state index in [0.29, 0.717) is 6.42 Å². The molecule has 0 heterocycles. The topological polar surface area (TPSA) is 26.3 Å². The van der Waals surface area contributed by atoms with Crippen LogP contribution in [-0.2, 0) is 9.53 Å². The number of alkyl halides is 4. The Morgan fingerprint density at radius 1 is 1.36 bits per heavy atom. The highest BCUT2D eigenvalue weighted by Gasteiger charge is 2.45. The third-order valence-corrected chi connectivity index (χ3v) is 3.82. The molecule has 1 aliphatic carbocycles. The van der Waals surface area contributed by atoms with E-state index in [-0.39, 0.29) is 6.42 Å². The summed E-state index contributed by atoms with van der Waals surface area (Å²) in [5.74, 6) is -1.53. The van der Waals surface area contributed by atoms with Gasteiger partial charge >= 0.3 is 12.1 Å². The Morgan fingerprint density at radius 3 is 2.41 bits per heavy atom. The molecule has 0 amide bonds. The number of ether oxygens (including phenoxy) is 1. The van der Waals surface area contributed by atoms with E-state index < -0.39 is 34.1 Å². The number of allylic oxidation sites excluding steroid dienone is 3.